The fourth-order valence-electron chi connectivity index (χ4n) is 3.32. The third-order valence-electron chi connectivity index (χ3n) is 4.78. The van der Waals surface area contributed by atoms with E-state index in [9.17, 15) is 35.5 Å². The summed E-state index contributed by atoms with van der Waals surface area (Å²) in [6, 6.07) is 11.9. The van der Waals surface area contributed by atoms with Crippen molar-refractivity contribution in [2.24, 2.45) is 0 Å². The molecule has 0 fully saturated rings. The molecule has 0 unspecified atom stereocenters. The minimum absolute atomic E-state index is 0.216. The number of carbonyl (C=O) groups excluding carboxylic acids is 1. The number of carbonyl (C=O) groups is 1. The van der Waals surface area contributed by atoms with Crippen LogP contribution < -0.4 is 5.32 Å². The molecule has 1 heterocycles. The first kappa shape index (κ1) is 22.3. The van der Waals surface area contributed by atoms with E-state index in [0.29, 0.717) is 16.6 Å². The molecule has 1 amide bonds. The second-order valence-electron chi connectivity index (χ2n) is 6.97. The molecular formula is C22H12F7N3O. The maximum absolute atomic E-state index is 13.3. The molecule has 0 aliphatic rings. The third kappa shape index (κ3) is 4.38. The van der Waals surface area contributed by atoms with Gasteiger partial charge in [-0.25, -0.2) is 9.18 Å². The number of nitrogens with zero attached hydrogens (tertiary/aromatic N) is 2. The van der Waals surface area contributed by atoms with Crippen molar-refractivity contribution in [3.05, 3.63) is 83.7 Å². The number of rotatable bonds is 2. The second-order valence-corrected chi connectivity index (χ2v) is 6.97. The van der Waals surface area contributed by atoms with Crippen LogP contribution in [0.5, 0.6) is 0 Å². The summed E-state index contributed by atoms with van der Waals surface area (Å²) in [6.45, 7) is 0. The molecule has 4 aromatic rings. The van der Waals surface area contributed by atoms with E-state index in [1.54, 1.807) is 18.2 Å². The van der Waals surface area contributed by atoms with E-state index in [0.717, 1.165) is 10.7 Å². The van der Waals surface area contributed by atoms with Crippen LogP contribution in [0.25, 0.3) is 22.2 Å². The van der Waals surface area contributed by atoms with E-state index in [1.165, 1.54) is 30.3 Å². The van der Waals surface area contributed by atoms with Crippen molar-refractivity contribution in [3.8, 4) is 11.3 Å². The quantitative estimate of drug-likeness (QED) is 0.324. The summed E-state index contributed by atoms with van der Waals surface area (Å²) in [5.74, 6) is -0.483. The third-order valence-corrected chi connectivity index (χ3v) is 4.78. The van der Waals surface area contributed by atoms with E-state index in [-0.39, 0.29) is 17.6 Å². The number of benzene rings is 3. The Kier molecular flexibility index (Phi) is 5.35. The highest BCUT2D eigenvalue weighted by atomic mass is 19.4. The molecule has 4 nitrogen and oxygen atoms in total. The molecule has 0 bridgehead atoms. The van der Waals surface area contributed by atoms with Crippen molar-refractivity contribution in [2.45, 2.75) is 12.4 Å². The summed E-state index contributed by atoms with van der Waals surface area (Å²) in [4.78, 5) is 12.8. The molecule has 4 rings (SSSR count). The predicted octanol–water partition coefficient (Wildman–Crippen LogP) is 6.96. The first-order chi connectivity index (χ1) is 15.4. The van der Waals surface area contributed by atoms with Gasteiger partial charge in [-0.1, -0.05) is 18.2 Å². The van der Waals surface area contributed by atoms with Crippen molar-refractivity contribution < 1.29 is 35.5 Å². The van der Waals surface area contributed by atoms with Gasteiger partial charge >= 0.3 is 18.4 Å². The largest absolute Gasteiger partial charge is 0.417 e. The number of nitrogens with one attached hydrogen (secondary N) is 1. The minimum Gasteiger partial charge on any atom is -0.306 e. The molecule has 0 radical (unpaired) electrons. The molecular weight excluding hydrogens is 455 g/mol. The van der Waals surface area contributed by atoms with Crippen LogP contribution in [-0.2, 0) is 12.4 Å². The van der Waals surface area contributed by atoms with Crippen LogP contribution >= 0.6 is 0 Å². The highest BCUT2D eigenvalue weighted by Gasteiger charge is 2.43. The van der Waals surface area contributed by atoms with Crippen molar-refractivity contribution in [3.63, 3.8) is 0 Å². The lowest BCUT2D eigenvalue weighted by atomic mass is 10.1. The number of hydrogen-bond acceptors (Lipinski definition) is 2. The van der Waals surface area contributed by atoms with E-state index < -0.39 is 41.0 Å². The lowest BCUT2D eigenvalue weighted by Crippen LogP contribution is -2.22. The van der Waals surface area contributed by atoms with Crippen LogP contribution in [0.4, 0.5) is 41.2 Å². The second kappa shape index (κ2) is 7.91. The standard InChI is InChI=1S/C22H12F7N3O/c23-13-7-5-12(6-8-13)19-15-3-1-2-4-18(15)32(31-19)20(33)30-14-9-10-16(21(24,25)26)17(11-14)22(27,28)29/h1-11H,(H,30,33). The first-order valence-electron chi connectivity index (χ1n) is 9.28. The Labute approximate surface area is 181 Å². The molecule has 1 aromatic heterocycles. The van der Waals surface area contributed by atoms with Gasteiger partial charge in [0.25, 0.3) is 0 Å². The lowest BCUT2D eigenvalue weighted by molar-refractivity contribution is -0.162. The Morgan fingerprint density at radius 2 is 1.45 bits per heavy atom. The van der Waals surface area contributed by atoms with Gasteiger partial charge in [0.1, 0.15) is 11.5 Å². The maximum Gasteiger partial charge on any atom is 0.417 e. The number of para-hydroxylation sites is 1. The smallest absolute Gasteiger partial charge is 0.306 e. The normalized spacial score (nSPS) is 12.2. The van der Waals surface area contributed by atoms with Crippen molar-refractivity contribution in [1.82, 2.24) is 9.78 Å². The van der Waals surface area contributed by atoms with Gasteiger partial charge < -0.3 is 5.32 Å². The fourth-order valence-corrected chi connectivity index (χ4v) is 3.32. The summed E-state index contributed by atoms with van der Waals surface area (Å²) >= 11 is 0. The Bertz CT molecular complexity index is 1340. The van der Waals surface area contributed by atoms with Crippen LogP contribution in [0.2, 0.25) is 0 Å². The summed E-state index contributed by atoms with van der Waals surface area (Å²) in [7, 11) is 0. The molecule has 0 saturated carbocycles. The average Bonchev–Trinajstić information content (AvgIpc) is 3.13. The molecule has 0 spiro atoms. The van der Waals surface area contributed by atoms with E-state index in [4.69, 9.17) is 0 Å². The molecule has 11 heteroatoms. The summed E-state index contributed by atoms with van der Waals surface area (Å²) in [5.41, 5.74) is -3.21. The van der Waals surface area contributed by atoms with E-state index in [1.807, 2.05) is 0 Å². The molecule has 0 saturated heterocycles. The van der Waals surface area contributed by atoms with Crippen LogP contribution in [0, 0.1) is 5.82 Å². The van der Waals surface area contributed by atoms with E-state index in [2.05, 4.69) is 10.4 Å². The monoisotopic (exact) mass is 467 g/mol. The molecule has 0 atom stereocenters. The van der Waals surface area contributed by atoms with Crippen LogP contribution in [0.1, 0.15) is 11.1 Å². The van der Waals surface area contributed by atoms with Gasteiger partial charge in [0.2, 0.25) is 0 Å². The van der Waals surface area contributed by atoms with Gasteiger partial charge in [0.05, 0.1) is 16.6 Å². The maximum atomic E-state index is 13.3. The van der Waals surface area contributed by atoms with Crippen molar-refractivity contribution >= 4 is 22.6 Å². The summed E-state index contributed by atoms with van der Waals surface area (Å²) in [5, 5.41) is 6.85. The SMILES string of the molecule is O=C(Nc1ccc(C(F)(F)F)c(C(F)(F)F)c1)n1nc(-c2ccc(F)cc2)c2ccccc21. The van der Waals surface area contributed by atoms with Gasteiger partial charge in [0, 0.05) is 16.6 Å². The van der Waals surface area contributed by atoms with Crippen LogP contribution in [0.15, 0.2) is 66.7 Å². The highest BCUT2D eigenvalue weighted by Crippen LogP contribution is 2.41. The Hall–Kier alpha value is -3.89. The predicted molar refractivity (Wildman–Crippen MR) is 106 cm³/mol. The first-order valence-corrected chi connectivity index (χ1v) is 9.28. The molecule has 170 valence electrons. The lowest BCUT2D eigenvalue weighted by Gasteiger charge is -2.17. The van der Waals surface area contributed by atoms with Gasteiger partial charge in [-0.15, -0.1) is 0 Å². The summed E-state index contributed by atoms with van der Waals surface area (Å²) in [6.07, 6.45) is -10.5. The zero-order valence-corrected chi connectivity index (χ0v) is 16.3. The number of fused-ring (bicyclic) bond motifs is 1. The Morgan fingerprint density at radius 1 is 0.818 bits per heavy atom. The Morgan fingerprint density at radius 3 is 2.09 bits per heavy atom. The van der Waals surface area contributed by atoms with Crippen LogP contribution in [0.3, 0.4) is 0 Å². The topological polar surface area (TPSA) is 46.9 Å². The molecule has 0 aliphatic heterocycles. The highest BCUT2D eigenvalue weighted by molar-refractivity contribution is 6.02. The summed E-state index contributed by atoms with van der Waals surface area (Å²) < 4.78 is 92.6. The van der Waals surface area contributed by atoms with Crippen molar-refractivity contribution in [1.29, 1.82) is 0 Å². The average molecular weight is 467 g/mol. The number of alkyl halides is 6. The molecule has 33 heavy (non-hydrogen) atoms. The van der Waals surface area contributed by atoms with E-state index >= 15 is 0 Å². The number of hydrogen-bond donors (Lipinski definition) is 1. The van der Waals surface area contributed by atoms with Gasteiger partial charge in [-0.3, -0.25) is 0 Å². The molecule has 3 aromatic carbocycles. The van der Waals surface area contributed by atoms with Crippen LogP contribution in [-0.4, -0.2) is 15.8 Å². The number of anilines is 1. The van der Waals surface area contributed by atoms with Gasteiger partial charge in [-0.05, 0) is 48.5 Å². The van der Waals surface area contributed by atoms with Gasteiger partial charge in [0.15, 0.2) is 0 Å². The van der Waals surface area contributed by atoms with Gasteiger partial charge in [-0.2, -0.15) is 36.1 Å². The minimum atomic E-state index is -5.29. The number of aromatic nitrogens is 2. The number of amides is 1. The molecule has 0 aliphatic carbocycles. The van der Waals surface area contributed by atoms with Crippen molar-refractivity contribution in [2.75, 3.05) is 5.32 Å². The number of halogens is 7. The Balaban J connectivity index is 1.74. The molecule has 1 N–H and O–H groups in total. The zero-order chi connectivity index (χ0) is 24.0. The fraction of sp³-hybridized carbons (Fsp3) is 0.0909. The zero-order valence-electron chi connectivity index (χ0n) is 16.3.